The summed E-state index contributed by atoms with van der Waals surface area (Å²) in [6, 6.07) is 12.2. The lowest BCUT2D eigenvalue weighted by Crippen LogP contribution is -2.38. The zero-order valence-electron chi connectivity index (χ0n) is 24.2. The van der Waals surface area contributed by atoms with Crippen LogP contribution in [0.5, 0.6) is 11.5 Å². The monoisotopic (exact) mass is 536 g/mol. The smallest absolute Gasteiger partial charge is 0.295 e. The first-order chi connectivity index (χ1) is 18.9. The summed E-state index contributed by atoms with van der Waals surface area (Å²) in [6.45, 7) is 14.2. The van der Waals surface area contributed by atoms with Crippen molar-refractivity contribution in [2.45, 2.75) is 66.3 Å². The van der Waals surface area contributed by atoms with Gasteiger partial charge in [-0.05, 0) is 74.3 Å². The van der Waals surface area contributed by atoms with Crippen molar-refractivity contribution >= 4 is 17.4 Å². The number of aliphatic hydroxyl groups excluding tert-OH is 1. The highest BCUT2D eigenvalue weighted by Crippen LogP contribution is 2.40. The molecular formula is C32H44N2O5. The van der Waals surface area contributed by atoms with Crippen molar-refractivity contribution in [3.05, 3.63) is 64.7 Å². The summed E-state index contributed by atoms with van der Waals surface area (Å²) in [7, 11) is 0. The molecule has 1 aliphatic heterocycles. The second kappa shape index (κ2) is 14.7. The molecule has 1 atom stereocenters. The van der Waals surface area contributed by atoms with E-state index in [0.717, 1.165) is 55.6 Å². The van der Waals surface area contributed by atoms with Crippen molar-refractivity contribution in [2.75, 3.05) is 39.4 Å². The van der Waals surface area contributed by atoms with Crippen LogP contribution in [0.3, 0.4) is 0 Å². The van der Waals surface area contributed by atoms with Crippen molar-refractivity contribution in [1.29, 1.82) is 0 Å². The minimum atomic E-state index is -0.690. The predicted octanol–water partition coefficient (Wildman–Crippen LogP) is 6.12. The number of ketones is 1. The van der Waals surface area contributed by atoms with Crippen LogP contribution in [-0.4, -0.2) is 66.0 Å². The van der Waals surface area contributed by atoms with Gasteiger partial charge in [0.1, 0.15) is 17.3 Å². The Morgan fingerprint density at radius 1 is 0.897 bits per heavy atom. The number of hydrogen-bond donors (Lipinski definition) is 1. The fourth-order valence-corrected chi connectivity index (χ4v) is 4.89. The van der Waals surface area contributed by atoms with Gasteiger partial charge in [-0.15, -0.1) is 0 Å². The Hall–Kier alpha value is -3.32. The van der Waals surface area contributed by atoms with Crippen molar-refractivity contribution in [1.82, 2.24) is 9.80 Å². The average Bonchev–Trinajstić information content (AvgIpc) is 3.20. The van der Waals surface area contributed by atoms with Gasteiger partial charge in [-0.1, -0.05) is 52.7 Å². The molecule has 1 fully saturated rings. The van der Waals surface area contributed by atoms with Crippen LogP contribution in [0.15, 0.2) is 48.0 Å². The molecule has 2 aromatic carbocycles. The van der Waals surface area contributed by atoms with Gasteiger partial charge in [0, 0.05) is 18.7 Å². The van der Waals surface area contributed by atoms with Gasteiger partial charge in [-0.25, -0.2) is 0 Å². The quantitative estimate of drug-likeness (QED) is 0.128. The number of nitrogens with zero attached hydrogens (tertiary/aromatic N) is 2. The van der Waals surface area contributed by atoms with Crippen LogP contribution in [0.2, 0.25) is 0 Å². The molecule has 1 amide bonds. The van der Waals surface area contributed by atoms with Crippen molar-refractivity contribution in [3.8, 4) is 11.5 Å². The maximum Gasteiger partial charge on any atom is 0.295 e. The van der Waals surface area contributed by atoms with Gasteiger partial charge in [0.15, 0.2) is 0 Å². The summed E-state index contributed by atoms with van der Waals surface area (Å²) in [5.41, 5.74) is 2.16. The van der Waals surface area contributed by atoms with Crippen molar-refractivity contribution in [3.63, 3.8) is 0 Å². The van der Waals surface area contributed by atoms with Crippen molar-refractivity contribution < 1.29 is 24.2 Å². The van der Waals surface area contributed by atoms with E-state index >= 15 is 0 Å². The number of ether oxygens (including phenoxy) is 2. The molecule has 1 aliphatic rings. The lowest BCUT2D eigenvalue weighted by atomic mass is 9.94. The van der Waals surface area contributed by atoms with E-state index < -0.39 is 17.7 Å². The third-order valence-electron chi connectivity index (χ3n) is 7.23. The number of aryl methyl sites for hydroxylation is 1. The summed E-state index contributed by atoms with van der Waals surface area (Å²) >= 11 is 0. The van der Waals surface area contributed by atoms with Crippen LogP contribution in [-0.2, 0) is 9.59 Å². The summed E-state index contributed by atoms with van der Waals surface area (Å²) in [5.74, 6) is 0.0324. The van der Waals surface area contributed by atoms with Gasteiger partial charge in [0.05, 0.1) is 24.8 Å². The molecule has 0 aliphatic carbocycles. The fraction of sp³-hybridized carbons (Fsp3) is 0.500. The Bertz CT molecular complexity index is 1140. The van der Waals surface area contributed by atoms with Crippen LogP contribution >= 0.6 is 0 Å². The maximum absolute atomic E-state index is 13.4. The second-order valence-electron chi connectivity index (χ2n) is 9.97. The average molecular weight is 537 g/mol. The number of unbranched alkanes of at least 4 members (excludes halogenated alkanes) is 2. The van der Waals surface area contributed by atoms with E-state index in [1.54, 1.807) is 17.0 Å². The van der Waals surface area contributed by atoms with Gasteiger partial charge in [0.2, 0.25) is 0 Å². The van der Waals surface area contributed by atoms with E-state index in [1.165, 1.54) is 0 Å². The van der Waals surface area contributed by atoms with Gasteiger partial charge in [0.25, 0.3) is 11.7 Å². The molecule has 1 unspecified atom stereocenters. The van der Waals surface area contributed by atoms with E-state index in [-0.39, 0.29) is 11.3 Å². The Labute approximate surface area is 233 Å². The molecule has 1 N–H and O–H groups in total. The fourth-order valence-electron chi connectivity index (χ4n) is 4.89. The van der Waals surface area contributed by atoms with Gasteiger partial charge in [-0.3, -0.25) is 9.59 Å². The molecule has 39 heavy (non-hydrogen) atoms. The third kappa shape index (κ3) is 7.41. The second-order valence-corrected chi connectivity index (χ2v) is 9.97. The molecule has 7 nitrogen and oxygen atoms in total. The van der Waals surface area contributed by atoms with E-state index in [1.807, 2.05) is 44.2 Å². The number of carbonyl (C=O) groups excluding carboxylic acids is 2. The normalized spacial score (nSPS) is 16.8. The molecule has 212 valence electrons. The minimum Gasteiger partial charge on any atom is -0.507 e. The molecule has 0 radical (unpaired) electrons. The van der Waals surface area contributed by atoms with E-state index in [9.17, 15) is 14.7 Å². The van der Waals surface area contributed by atoms with E-state index in [0.29, 0.717) is 37.6 Å². The zero-order chi connectivity index (χ0) is 28.4. The number of carbonyl (C=O) groups is 2. The van der Waals surface area contributed by atoms with Crippen LogP contribution < -0.4 is 9.47 Å². The standard InChI is InChI=1S/C32H44N2O5/c1-6-10-11-21-39-25-14-12-24(13-15-25)29-28(31(36)32(37)34(29)19-18-33(8-3)9-4)30(35)27-17-16-26(22-23(27)5)38-20-7-2/h12-17,22,29,35H,6-11,18-21H2,1-5H3. The van der Waals surface area contributed by atoms with Crippen LogP contribution in [0, 0.1) is 6.92 Å². The molecular weight excluding hydrogens is 492 g/mol. The van der Waals surface area contributed by atoms with Crippen LogP contribution in [0.4, 0.5) is 0 Å². The van der Waals surface area contributed by atoms with Crippen LogP contribution in [0.1, 0.15) is 76.1 Å². The Balaban J connectivity index is 2.00. The summed E-state index contributed by atoms with van der Waals surface area (Å²) in [5, 5.41) is 11.5. The minimum absolute atomic E-state index is 0.112. The Morgan fingerprint density at radius 2 is 1.56 bits per heavy atom. The van der Waals surface area contributed by atoms with E-state index in [2.05, 4.69) is 25.7 Å². The van der Waals surface area contributed by atoms with E-state index in [4.69, 9.17) is 9.47 Å². The number of amides is 1. The number of hydrogen-bond acceptors (Lipinski definition) is 6. The molecule has 2 aromatic rings. The predicted molar refractivity (Wildman–Crippen MR) is 155 cm³/mol. The molecule has 1 heterocycles. The van der Waals surface area contributed by atoms with Gasteiger partial charge >= 0.3 is 0 Å². The highest BCUT2D eigenvalue weighted by Gasteiger charge is 2.46. The largest absolute Gasteiger partial charge is 0.507 e. The van der Waals surface area contributed by atoms with Gasteiger partial charge < -0.3 is 24.4 Å². The summed E-state index contributed by atoms with van der Waals surface area (Å²) in [6.07, 6.45) is 4.12. The summed E-state index contributed by atoms with van der Waals surface area (Å²) < 4.78 is 11.6. The highest BCUT2D eigenvalue weighted by atomic mass is 16.5. The molecule has 1 saturated heterocycles. The SMILES string of the molecule is CCCCCOc1ccc(C2C(=C(O)c3ccc(OCCC)cc3C)C(=O)C(=O)N2CCN(CC)CC)cc1. The number of rotatable bonds is 15. The molecule has 3 rings (SSSR count). The molecule has 0 aromatic heterocycles. The lowest BCUT2D eigenvalue weighted by Gasteiger charge is -2.28. The molecule has 0 saturated carbocycles. The van der Waals surface area contributed by atoms with Crippen LogP contribution in [0.25, 0.3) is 5.76 Å². The number of Topliss-reactive ketones (excluding diaryl/α,β-unsaturated/α-hetero) is 1. The van der Waals surface area contributed by atoms with Crippen molar-refractivity contribution in [2.24, 2.45) is 0 Å². The number of aliphatic hydroxyl groups is 1. The molecule has 7 heteroatoms. The zero-order valence-corrected chi connectivity index (χ0v) is 24.2. The Kier molecular flexibility index (Phi) is 11.4. The number of likely N-dealkylation sites (tertiary alicyclic amines) is 1. The maximum atomic E-state index is 13.4. The lowest BCUT2D eigenvalue weighted by molar-refractivity contribution is -0.140. The first-order valence-electron chi connectivity index (χ1n) is 14.3. The number of likely N-dealkylation sites (N-methyl/N-ethyl adjacent to an activating group) is 1. The summed E-state index contributed by atoms with van der Waals surface area (Å²) in [4.78, 5) is 30.5. The molecule has 0 spiro atoms. The third-order valence-corrected chi connectivity index (χ3v) is 7.23. The van der Waals surface area contributed by atoms with Gasteiger partial charge in [-0.2, -0.15) is 0 Å². The highest BCUT2D eigenvalue weighted by molar-refractivity contribution is 6.46. The topological polar surface area (TPSA) is 79.3 Å². The Morgan fingerprint density at radius 3 is 2.18 bits per heavy atom. The first-order valence-corrected chi connectivity index (χ1v) is 14.3. The first kappa shape index (κ1) is 30.2. The number of benzene rings is 2. The molecule has 0 bridgehead atoms.